The second-order valence-electron chi connectivity index (χ2n) is 9.19. The Bertz CT molecular complexity index is 1360. The third kappa shape index (κ3) is 4.39. The first-order valence-corrected chi connectivity index (χ1v) is 12.2. The molecule has 36 heavy (non-hydrogen) atoms. The zero-order valence-electron chi connectivity index (χ0n) is 21.3. The number of hydrogen-bond acceptors (Lipinski definition) is 4. The molecule has 0 radical (unpaired) electrons. The fraction of sp³-hybridized carbons (Fsp3) is 0.267. The topological polar surface area (TPSA) is 60.9 Å². The number of Topliss-reactive ketones (excluding diaryl/α,β-unsaturated/α-hetero) is 1. The first-order valence-electron chi connectivity index (χ1n) is 12.2. The first-order chi connectivity index (χ1) is 17.2. The number of aliphatic hydroxyl groups excluding tert-OH is 1. The number of benzene rings is 3. The number of ketones is 1. The average Bonchev–Trinajstić information content (AvgIpc) is 3.12. The summed E-state index contributed by atoms with van der Waals surface area (Å²) < 4.78 is 13.9. The van der Waals surface area contributed by atoms with Crippen molar-refractivity contribution in [1.29, 1.82) is 0 Å². The van der Waals surface area contributed by atoms with E-state index in [1.807, 2.05) is 56.3 Å². The van der Waals surface area contributed by atoms with E-state index in [1.165, 1.54) is 23.1 Å². The van der Waals surface area contributed by atoms with Crippen molar-refractivity contribution < 1.29 is 19.1 Å². The minimum absolute atomic E-state index is 0.0124. The molecule has 6 heteroatoms. The summed E-state index contributed by atoms with van der Waals surface area (Å²) in [5.74, 6) is -2.21. The molecule has 1 saturated heterocycles. The number of halogens is 1. The van der Waals surface area contributed by atoms with Gasteiger partial charge in [0.25, 0.3) is 11.7 Å². The van der Waals surface area contributed by atoms with Crippen LogP contribution in [0, 0.1) is 26.6 Å². The van der Waals surface area contributed by atoms with Gasteiger partial charge in [-0.05, 0) is 87.7 Å². The van der Waals surface area contributed by atoms with Crippen molar-refractivity contribution in [3.8, 4) is 0 Å². The van der Waals surface area contributed by atoms with Crippen LogP contribution in [-0.2, 0) is 9.59 Å². The lowest BCUT2D eigenvalue weighted by Crippen LogP contribution is -2.30. The molecule has 0 aliphatic carbocycles. The van der Waals surface area contributed by atoms with Gasteiger partial charge in [0.15, 0.2) is 0 Å². The molecule has 0 aromatic heterocycles. The summed E-state index contributed by atoms with van der Waals surface area (Å²) in [6, 6.07) is 16.7. The number of nitrogens with zero attached hydrogens (tertiary/aromatic N) is 2. The Balaban J connectivity index is 1.93. The molecule has 0 saturated carbocycles. The lowest BCUT2D eigenvalue weighted by atomic mass is 9.94. The fourth-order valence-electron chi connectivity index (χ4n) is 4.88. The minimum Gasteiger partial charge on any atom is -0.507 e. The standard InChI is InChI=1S/C30H31FN2O3/c1-6-32(7-2)23-12-9-21(10-13-23)27-26(28(34)22-11-14-24(31)19(4)17-22)29(35)30(36)33(27)25-15-8-18(3)16-20(25)5/h8-17,27,34H,6-7H2,1-5H3/b28-26+. The Hall–Kier alpha value is -3.93. The summed E-state index contributed by atoms with van der Waals surface area (Å²) in [6.07, 6.45) is 0. The van der Waals surface area contributed by atoms with Crippen LogP contribution in [0.15, 0.2) is 66.2 Å². The summed E-state index contributed by atoms with van der Waals surface area (Å²) in [5, 5.41) is 11.3. The predicted molar refractivity (Wildman–Crippen MR) is 142 cm³/mol. The minimum atomic E-state index is -0.831. The molecule has 0 bridgehead atoms. The van der Waals surface area contributed by atoms with Gasteiger partial charge in [0, 0.05) is 30.0 Å². The fourth-order valence-corrected chi connectivity index (χ4v) is 4.88. The van der Waals surface area contributed by atoms with Gasteiger partial charge in [0.05, 0.1) is 11.6 Å². The van der Waals surface area contributed by atoms with Crippen LogP contribution in [-0.4, -0.2) is 29.9 Å². The third-order valence-electron chi connectivity index (χ3n) is 6.83. The van der Waals surface area contributed by atoms with Crippen LogP contribution in [0.3, 0.4) is 0 Å². The largest absolute Gasteiger partial charge is 0.507 e. The van der Waals surface area contributed by atoms with Gasteiger partial charge in [0.2, 0.25) is 0 Å². The lowest BCUT2D eigenvalue weighted by molar-refractivity contribution is -0.132. The summed E-state index contributed by atoms with van der Waals surface area (Å²) in [6.45, 7) is 11.3. The highest BCUT2D eigenvalue weighted by Gasteiger charge is 2.47. The zero-order chi connectivity index (χ0) is 26.1. The Morgan fingerprint density at radius 2 is 1.58 bits per heavy atom. The van der Waals surface area contributed by atoms with Gasteiger partial charge < -0.3 is 10.0 Å². The molecule has 4 rings (SSSR count). The molecule has 3 aromatic rings. The second-order valence-corrected chi connectivity index (χ2v) is 9.19. The van der Waals surface area contributed by atoms with Crippen molar-refractivity contribution >= 4 is 28.8 Å². The van der Waals surface area contributed by atoms with Crippen molar-refractivity contribution in [2.45, 2.75) is 40.7 Å². The van der Waals surface area contributed by atoms with Crippen molar-refractivity contribution in [2.75, 3.05) is 22.9 Å². The molecule has 1 heterocycles. The number of hydrogen-bond donors (Lipinski definition) is 1. The molecule has 1 fully saturated rings. The molecule has 1 N–H and O–H groups in total. The van der Waals surface area contributed by atoms with Gasteiger partial charge >= 0.3 is 0 Å². The van der Waals surface area contributed by atoms with Crippen molar-refractivity contribution in [3.05, 3.63) is 99.9 Å². The van der Waals surface area contributed by atoms with Crippen LogP contribution in [0.25, 0.3) is 5.76 Å². The molecule has 1 unspecified atom stereocenters. The lowest BCUT2D eigenvalue weighted by Gasteiger charge is -2.28. The maximum Gasteiger partial charge on any atom is 0.300 e. The molecule has 1 amide bonds. The number of aliphatic hydroxyl groups is 1. The van der Waals surface area contributed by atoms with E-state index < -0.39 is 23.5 Å². The number of anilines is 2. The number of rotatable bonds is 6. The molecule has 1 aliphatic rings. The van der Waals surface area contributed by atoms with Gasteiger partial charge in [-0.25, -0.2) is 4.39 Å². The van der Waals surface area contributed by atoms with Gasteiger partial charge in [-0.3, -0.25) is 14.5 Å². The molecule has 1 aliphatic heterocycles. The Labute approximate surface area is 211 Å². The van der Waals surface area contributed by atoms with Crippen LogP contribution in [0.1, 0.15) is 47.7 Å². The van der Waals surface area contributed by atoms with E-state index in [1.54, 1.807) is 6.92 Å². The van der Waals surface area contributed by atoms with E-state index in [9.17, 15) is 19.1 Å². The second kappa shape index (κ2) is 9.97. The average molecular weight is 487 g/mol. The molecule has 186 valence electrons. The van der Waals surface area contributed by atoms with Crippen molar-refractivity contribution in [3.63, 3.8) is 0 Å². The van der Waals surface area contributed by atoms with E-state index >= 15 is 0 Å². The Morgan fingerprint density at radius 1 is 0.917 bits per heavy atom. The highest BCUT2D eigenvalue weighted by molar-refractivity contribution is 6.51. The summed E-state index contributed by atoms with van der Waals surface area (Å²) in [7, 11) is 0. The molecule has 5 nitrogen and oxygen atoms in total. The van der Waals surface area contributed by atoms with Gasteiger partial charge in [-0.1, -0.05) is 29.8 Å². The first kappa shape index (κ1) is 25.2. The Morgan fingerprint density at radius 3 is 2.17 bits per heavy atom. The number of amides is 1. The number of carbonyl (C=O) groups excluding carboxylic acids is 2. The van der Waals surface area contributed by atoms with Crippen molar-refractivity contribution in [2.24, 2.45) is 0 Å². The van der Waals surface area contributed by atoms with Crippen molar-refractivity contribution in [1.82, 2.24) is 0 Å². The van der Waals surface area contributed by atoms with Gasteiger partial charge in [-0.15, -0.1) is 0 Å². The number of aryl methyl sites for hydroxylation is 3. The van der Waals surface area contributed by atoms with Crippen LogP contribution >= 0.6 is 0 Å². The maximum atomic E-state index is 13.9. The molecular weight excluding hydrogens is 455 g/mol. The zero-order valence-corrected chi connectivity index (χ0v) is 21.3. The van der Waals surface area contributed by atoms with Crippen LogP contribution < -0.4 is 9.80 Å². The van der Waals surface area contributed by atoms with E-state index in [-0.39, 0.29) is 16.9 Å². The monoisotopic (exact) mass is 486 g/mol. The summed E-state index contributed by atoms with van der Waals surface area (Å²) in [5.41, 5.74) is 4.83. The summed E-state index contributed by atoms with van der Waals surface area (Å²) in [4.78, 5) is 30.5. The molecule has 3 aromatic carbocycles. The van der Waals surface area contributed by atoms with E-state index in [4.69, 9.17) is 0 Å². The van der Waals surface area contributed by atoms with E-state index in [0.717, 1.165) is 29.9 Å². The van der Waals surface area contributed by atoms with E-state index in [0.29, 0.717) is 16.8 Å². The van der Waals surface area contributed by atoms with Gasteiger partial charge in [-0.2, -0.15) is 0 Å². The molecule has 1 atom stereocenters. The smallest absolute Gasteiger partial charge is 0.300 e. The van der Waals surface area contributed by atoms with Crippen LogP contribution in [0.4, 0.5) is 15.8 Å². The predicted octanol–water partition coefficient (Wildman–Crippen LogP) is 6.22. The third-order valence-corrected chi connectivity index (χ3v) is 6.83. The SMILES string of the molecule is CCN(CC)c1ccc(C2/C(=C(\O)c3ccc(F)c(C)c3)C(=O)C(=O)N2c2ccc(C)cc2C)cc1. The van der Waals surface area contributed by atoms with E-state index in [2.05, 4.69) is 18.7 Å². The quantitative estimate of drug-likeness (QED) is 0.255. The highest BCUT2D eigenvalue weighted by Crippen LogP contribution is 2.43. The summed E-state index contributed by atoms with van der Waals surface area (Å²) >= 11 is 0. The molecule has 0 spiro atoms. The number of carbonyl (C=O) groups is 2. The molecular formula is C30H31FN2O3. The maximum absolute atomic E-state index is 13.9. The Kier molecular flexibility index (Phi) is 6.97. The highest BCUT2D eigenvalue weighted by atomic mass is 19.1. The van der Waals surface area contributed by atoms with Gasteiger partial charge in [0.1, 0.15) is 11.6 Å². The van der Waals surface area contributed by atoms with Crippen LogP contribution in [0.5, 0.6) is 0 Å². The normalized spacial score (nSPS) is 17.1. The van der Waals surface area contributed by atoms with Crippen LogP contribution in [0.2, 0.25) is 0 Å².